The van der Waals surface area contributed by atoms with Crippen LogP contribution in [0.5, 0.6) is 0 Å². The molecule has 4 nitrogen and oxygen atoms in total. The van der Waals surface area contributed by atoms with Gasteiger partial charge in [-0.1, -0.05) is 15.9 Å². The van der Waals surface area contributed by atoms with E-state index in [1.807, 2.05) is 0 Å². The molecule has 0 aliphatic heterocycles. The monoisotopic (exact) mass is 230 g/mol. The van der Waals surface area contributed by atoms with Crippen molar-refractivity contribution in [3.05, 3.63) is 12.7 Å². The standard InChI is InChI=1S/C7H11BrN4/c1-2-12(4-3-8)7-10-5-9-6-11-7/h5-6H,2-4H2,1H3. The summed E-state index contributed by atoms with van der Waals surface area (Å²) in [5.41, 5.74) is 0. The Labute approximate surface area is 80.2 Å². The first-order chi connectivity index (χ1) is 5.88. The van der Waals surface area contributed by atoms with Gasteiger partial charge < -0.3 is 4.90 Å². The SMILES string of the molecule is CCN(CCBr)c1ncncn1. The lowest BCUT2D eigenvalue weighted by atomic mass is 10.5. The van der Waals surface area contributed by atoms with Gasteiger partial charge in [0.2, 0.25) is 5.95 Å². The Balaban J connectivity index is 2.66. The number of hydrogen-bond donors (Lipinski definition) is 0. The maximum atomic E-state index is 4.05. The van der Waals surface area contributed by atoms with E-state index in [0.29, 0.717) is 0 Å². The molecular formula is C7H11BrN4. The Kier molecular flexibility index (Phi) is 3.93. The van der Waals surface area contributed by atoms with Crippen molar-refractivity contribution < 1.29 is 0 Å². The van der Waals surface area contributed by atoms with Crippen molar-refractivity contribution in [3.8, 4) is 0 Å². The molecule has 5 heteroatoms. The van der Waals surface area contributed by atoms with Crippen LogP contribution in [0.2, 0.25) is 0 Å². The highest BCUT2D eigenvalue weighted by Gasteiger charge is 2.04. The first-order valence-electron chi connectivity index (χ1n) is 3.81. The normalized spacial score (nSPS) is 9.83. The topological polar surface area (TPSA) is 41.9 Å². The molecule has 0 fully saturated rings. The van der Waals surface area contributed by atoms with Crippen LogP contribution in [-0.4, -0.2) is 33.4 Å². The highest BCUT2D eigenvalue weighted by atomic mass is 79.9. The summed E-state index contributed by atoms with van der Waals surface area (Å²) in [6, 6.07) is 0. The first-order valence-corrected chi connectivity index (χ1v) is 4.93. The Morgan fingerprint density at radius 3 is 2.58 bits per heavy atom. The number of anilines is 1. The van der Waals surface area contributed by atoms with Gasteiger partial charge in [0.25, 0.3) is 0 Å². The molecule has 0 spiro atoms. The highest BCUT2D eigenvalue weighted by Crippen LogP contribution is 2.03. The minimum Gasteiger partial charge on any atom is -0.340 e. The molecule has 0 aliphatic carbocycles. The number of nitrogens with zero attached hydrogens (tertiary/aromatic N) is 4. The Hall–Kier alpha value is -0.710. The molecule has 0 amide bonds. The van der Waals surface area contributed by atoms with Crippen LogP contribution in [0.1, 0.15) is 6.92 Å². The fourth-order valence-electron chi connectivity index (χ4n) is 0.898. The van der Waals surface area contributed by atoms with Crippen LogP contribution in [0.15, 0.2) is 12.7 Å². The van der Waals surface area contributed by atoms with Crippen molar-refractivity contribution in [1.82, 2.24) is 15.0 Å². The summed E-state index contributed by atoms with van der Waals surface area (Å²) in [7, 11) is 0. The summed E-state index contributed by atoms with van der Waals surface area (Å²) in [4.78, 5) is 13.9. The van der Waals surface area contributed by atoms with E-state index < -0.39 is 0 Å². The quantitative estimate of drug-likeness (QED) is 0.727. The molecule has 1 rings (SSSR count). The Morgan fingerprint density at radius 2 is 2.08 bits per heavy atom. The van der Waals surface area contributed by atoms with E-state index in [0.717, 1.165) is 24.4 Å². The van der Waals surface area contributed by atoms with Gasteiger partial charge in [0.05, 0.1) is 0 Å². The number of aromatic nitrogens is 3. The molecule has 0 atom stereocenters. The number of hydrogen-bond acceptors (Lipinski definition) is 4. The fourth-order valence-corrected chi connectivity index (χ4v) is 1.33. The molecule has 12 heavy (non-hydrogen) atoms. The fraction of sp³-hybridized carbons (Fsp3) is 0.571. The van der Waals surface area contributed by atoms with Crippen LogP contribution in [0.25, 0.3) is 0 Å². The summed E-state index contributed by atoms with van der Waals surface area (Å²) in [5, 5.41) is 0.923. The van der Waals surface area contributed by atoms with Crippen molar-refractivity contribution in [2.75, 3.05) is 23.3 Å². The lowest BCUT2D eigenvalue weighted by Crippen LogP contribution is -2.26. The van der Waals surface area contributed by atoms with Crippen LogP contribution in [0.3, 0.4) is 0 Å². The van der Waals surface area contributed by atoms with Crippen molar-refractivity contribution in [3.63, 3.8) is 0 Å². The van der Waals surface area contributed by atoms with Gasteiger partial charge in [-0.3, -0.25) is 0 Å². The Morgan fingerprint density at radius 1 is 1.42 bits per heavy atom. The molecule has 66 valence electrons. The maximum absolute atomic E-state index is 4.05. The number of alkyl halides is 1. The first kappa shape index (κ1) is 9.38. The van der Waals surface area contributed by atoms with Gasteiger partial charge in [-0.15, -0.1) is 0 Å². The average molecular weight is 231 g/mol. The van der Waals surface area contributed by atoms with Crippen molar-refractivity contribution in [2.24, 2.45) is 0 Å². The molecule has 1 aromatic heterocycles. The van der Waals surface area contributed by atoms with Crippen LogP contribution < -0.4 is 4.90 Å². The molecule has 0 unspecified atom stereocenters. The molecule has 0 radical (unpaired) electrons. The molecule has 0 saturated carbocycles. The van der Waals surface area contributed by atoms with Gasteiger partial charge in [-0.05, 0) is 6.92 Å². The molecule has 0 saturated heterocycles. The second kappa shape index (κ2) is 5.03. The zero-order valence-electron chi connectivity index (χ0n) is 6.94. The number of halogens is 1. The van der Waals surface area contributed by atoms with E-state index in [4.69, 9.17) is 0 Å². The van der Waals surface area contributed by atoms with Crippen LogP contribution in [0, 0.1) is 0 Å². The smallest absolute Gasteiger partial charge is 0.228 e. The Bertz CT molecular complexity index is 216. The molecule has 1 heterocycles. The molecule has 0 aliphatic rings. The van der Waals surface area contributed by atoms with Crippen LogP contribution in [0.4, 0.5) is 5.95 Å². The second-order valence-corrected chi connectivity index (χ2v) is 3.00. The van der Waals surface area contributed by atoms with Gasteiger partial charge >= 0.3 is 0 Å². The molecular weight excluding hydrogens is 220 g/mol. The van der Waals surface area contributed by atoms with E-state index in [1.54, 1.807) is 0 Å². The van der Waals surface area contributed by atoms with E-state index in [1.165, 1.54) is 12.7 Å². The number of rotatable bonds is 4. The molecule has 1 aromatic rings. The lowest BCUT2D eigenvalue weighted by molar-refractivity contribution is 0.818. The lowest BCUT2D eigenvalue weighted by Gasteiger charge is -2.18. The van der Waals surface area contributed by atoms with Gasteiger partial charge in [-0.25, -0.2) is 15.0 Å². The molecule has 0 aromatic carbocycles. The third-order valence-corrected chi connectivity index (χ3v) is 1.85. The second-order valence-electron chi connectivity index (χ2n) is 2.21. The molecule has 0 bridgehead atoms. The van der Waals surface area contributed by atoms with Crippen LogP contribution >= 0.6 is 15.9 Å². The van der Waals surface area contributed by atoms with E-state index in [-0.39, 0.29) is 0 Å². The van der Waals surface area contributed by atoms with Gasteiger partial charge in [0.1, 0.15) is 12.7 Å². The predicted octanol–water partition coefficient (Wildman–Crippen LogP) is 1.09. The molecule has 0 N–H and O–H groups in total. The zero-order chi connectivity index (χ0) is 8.81. The highest BCUT2D eigenvalue weighted by molar-refractivity contribution is 9.09. The average Bonchev–Trinajstić information content (AvgIpc) is 2.15. The largest absolute Gasteiger partial charge is 0.340 e. The third kappa shape index (κ3) is 2.41. The minimum atomic E-state index is 0.743. The predicted molar refractivity (Wildman–Crippen MR) is 51.5 cm³/mol. The van der Waals surface area contributed by atoms with Crippen molar-refractivity contribution in [1.29, 1.82) is 0 Å². The van der Waals surface area contributed by atoms with Crippen molar-refractivity contribution >= 4 is 21.9 Å². The van der Waals surface area contributed by atoms with E-state index in [2.05, 4.69) is 42.7 Å². The van der Waals surface area contributed by atoms with E-state index in [9.17, 15) is 0 Å². The maximum Gasteiger partial charge on any atom is 0.228 e. The van der Waals surface area contributed by atoms with E-state index >= 15 is 0 Å². The summed E-state index contributed by atoms with van der Waals surface area (Å²) in [6.45, 7) is 3.91. The zero-order valence-corrected chi connectivity index (χ0v) is 8.53. The minimum absolute atomic E-state index is 0.743. The van der Waals surface area contributed by atoms with Crippen LogP contribution in [-0.2, 0) is 0 Å². The summed E-state index contributed by atoms with van der Waals surface area (Å²) in [5.74, 6) is 0.743. The van der Waals surface area contributed by atoms with Gasteiger partial charge in [0.15, 0.2) is 0 Å². The summed E-state index contributed by atoms with van der Waals surface area (Å²) >= 11 is 3.38. The third-order valence-electron chi connectivity index (χ3n) is 1.50. The van der Waals surface area contributed by atoms with Gasteiger partial charge in [-0.2, -0.15) is 0 Å². The van der Waals surface area contributed by atoms with Crippen molar-refractivity contribution in [2.45, 2.75) is 6.92 Å². The summed E-state index contributed by atoms with van der Waals surface area (Å²) in [6.07, 6.45) is 3.03. The summed E-state index contributed by atoms with van der Waals surface area (Å²) < 4.78 is 0. The van der Waals surface area contributed by atoms with Gasteiger partial charge in [0, 0.05) is 18.4 Å².